The van der Waals surface area contributed by atoms with Crippen molar-refractivity contribution in [1.29, 1.82) is 0 Å². The third-order valence-electron chi connectivity index (χ3n) is 4.66. The van der Waals surface area contributed by atoms with Gasteiger partial charge < -0.3 is 10.4 Å². The molecule has 4 nitrogen and oxygen atoms in total. The van der Waals surface area contributed by atoms with Crippen LogP contribution in [0.15, 0.2) is 24.3 Å². The van der Waals surface area contributed by atoms with Gasteiger partial charge in [0.25, 0.3) is 0 Å². The number of aryl methyl sites for hydroxylation is 1. The zero-order valence-corrected chi connectivity index (χ0v) is 14.1. The maximum atomic E-state index is 13.6. The van der Waals surface area contributed by atoms with Crippen molar-refractivity contribution in [1.82, 2.24) is 5.32 Å². The standard InChI is InChI=1S/C18H26FNO3/c1-4-18(5-2,17(22)23)12-20-16(21)13(3)10-11-14-8-6-7-9-15(14)19/h6-9,13H,4-5,10-12H2,1-3H3,(H,20,21)(H,22,23). The molecule has 128 valence electrons. The lowest BCUT2D eigenvalue weighted by molar-refractivity contribution is -0.149. The molecular weight excluding hydrogens is 297 g/mol. The molecule has 0 bridgehead atoms. The molecule has 0 aromatic heterocycles. The van der Waals surface area contributed by atoms with Crippen LogP contribution in [-0.2, 0) is 16.0 Å². The number of carbonyl (C=O) groups excluding carboxylic acids is 1. The van der Waals surface area contributed by atoms with E-state index in [0.29, 0.717) is 31.2 Å². The zero-order chi connectivity index (χ0) is 17.5. The van der Waals surface area contributed by atoms with Crippen LogP contribution in [0.3, 0.4) is 0 Å². The second-order valence-electron chi connectivity index (χ2n) is 6.04. The first-order valence-corrected chi connectivity index (χ1v) is 8.10. The van der Waals surface area contributed by atoms with Gasteiger partial charge in [0.05, 0.1) is 5.41 Å². The second-order valence-corrected chi connectivity index (χ2v) is 6.04. The van der Waals surface area contributed by atoms with Crippen LogP contribution in [0.4, 0.5) is 4.39 Å². The number of carboxylic acids is 1. The number of benzene rings is 1. The summed E-state index contributed by atoms with van der Waals surface area (Å²) in [6.07, 6.45) is 1.92. The fourth-order valence-electron chi connectivity index (χ4n) is 2.51. The summed E-state index contributed by atoms with van der Waals surface area (Å²) in [5.41, 5.74) is -0.324. The highest BCUT2D eigenvalue weighted by molar-refractivity contribution is 5.80. The van der Waals surface area contributed by atoms with Crippen molar-refractivity contribution in [3.8, 4) is 0 Å². The Morgan fingerprint density at radius 2 is 1.87 bits per heavy atom. The fourth-order valence-corrected chi connectivity index (χ4v) is 2.51. The molecule has 0 aliphatic heterocycles. The first-order valence-electron chi connectivity index (χ1n) is 8.10. The number of carbonyl (C=O) groups is 2. The molecule has 1 unspecified atom stereocenters. The van der Waals surface area contributed by atoms with Gasteiger partial charge in [-0.2, -0.15) is 0 Å². The van der Waals surface area contributed by atoms with Crippen molar-refractivity contribution in [2.75, 3.05) is 6.54 Å². The summed E-state index contributed by atoms with van der Waals surface area (Å²) in [6.45, 7) is 5.52. The third-order valence-corrected chi connectivity index (χ3v) is 4.66. The number of carboxylic acid groups (broad SMARTS) is 1. The van der Waals surface area contributed by atoms with Gasteiger partial charge in [-0.25, -0.2) is 4.39 Å². The Morgan fingerprint density at radius 1 is 1.26 bits per heavy atom. The largest absolute Gasteiger partial charge is 0.481 e. The molecule has 1 aromatic rings. The molecule has 2 N–H and O–H groups in total. The Labute approximate surface area is 137 Å². The predicted molar refractivity (Wildman–Crippen MR) is 87.5 cm³/mol. The molecule has 1 amide bonds. The number of amides is 1. The van der Waals surface area contributed by atoms with E-state index in [-0.39, 0.29) is 24.2 Å². The summed E-state index contributed by atoms with van der Waals surface area (Å²) >= 11 is 0. The van der Waals surface area contributed by atoms with Gasteiger partial charge in [0.15, 0.2) is 0 Å². The van der Waals surface area contributed by atoms with E-state index < -0.39 is 11.4 Å². The average Bonchev–Trinajstić information content (AvgIpc) is 2.54. The fraction of sp³-hybridized carbons (Fsp3) is 0.556. The Balaban J connectivity index is 2.54. The van der Waals surface area contributed by atoms with Crippen molar-refractivity contribution in [2.45, 2.75) is 46.5 Å². The average molecular weight is 323 g/mol. The highest BCUT2D eigenvalue weighted by Gasteiger charge is 2.35. The highest BCUT2D eigenvalue weighted by atomic mass is 19.1. The van der Waals surface area contributed by atoms with Gasteiger partial charge in [0.1, 0.15) is 5.82 Å². The number of hydrogen-bond donors (Lipinski definition) is 2. The van der Waals surface area contributed by atoms with E-state index in [1.807, 2.05) is 13.8 Å². The summed E-state index contributed by atoms with van der Waals surface area (Å²) in [6, 6.07) is 6.52. The summed E-state index contributed by atoms with van der Waals surface area (Å²) in [4.78, 5) is 23.6. The van der Waals surface area contributed by atoms with E-state index in [1.165, 1.54) is 6.07 Å². The van der Waals surface area contributed by atoms with Crippen molar-refractivity contribution < 1.29 is 19.1 Å². The SMILES string of the molecule is CCC(CC)(CNC(=O)C(C)CCc1ccccc1F)C(=O)O. The van der Waals surface area contributed by atoms with Crippen molar-refractivity contribution in [3.63, 3.8) is 0 Å². The summed E-state index contributed by atoms with van der Waals surface area (Å²) in [5.74, 6) is -1.63. The quantitative estimate of drug-likeness (QED) is 0.732. The minimum atomic E-state index is -0.916. The van der Waals surface area contributed by atoms with Gasteiger partial charge in [-0.1, -0.05) is 39.0 Å². The zero-order valence-electron chi connectivity index (χ0n) is 14.1. The normalized spacial score (nSPS) is 12.7. The van der Waals surface area contributed by atoms with Gasteiger partial charge in [0, 0.05) is 12.5 Å². The molecule has 0 saturated carbocycles. The summed E-state index contributed by atoms with van der Waals surface area (Å²) in [7, 11) is 0. The minimum Gasteiger partial charge on any atom is -0.481 e. The second kappa shape index (κ2) is 8.65. The number of hydrogen-bond acceptors (Lipinski definition) is 2. The van der Waals surface area contributed by atoms with Gasteiger partial charge in [-0.15, -0.1) is 0 Å². The Hall–Kier alpha value is -1.91. The smallest absolute Gasteiger partial charge is 0.311 e. The van der Waals surface area contributed by atoms with Crippen LogP contribution >= 0.6 is 0 Å². The van der Waals surface area contributed by atoms with Gasteiger partial charge in [-0.3, -0.25) is 9.59 Å². The molecule has 0 aliphatic carbocycles. The van der Waals surface area contributed by atoms with E-state index in [1.54, 1.807) is 25.1 Å². The van der Waals surface area contributed by atoms with Gasteiger partial charge in [-0.05, 0) is 37.3 Å². The number of aliphatic carboxylic acids is 1. The molecule has 1 rings (SSSR count). The molecule has 0 heterocycles. The lowest BCUT2D eigenvalue weighted by Crippen LogP contribution is -2.43. The topological polar surface area (TPSA) is 66.4 Å². The van der Waals surface area contributed by atoms with Gasteiger partial charge in [0.2, 0.25) is 5.91 Å². The maximum absolute atomic E-state index is 13.6. The molecule has 5 heteroatoms. The summed E-state index contributed by atoms with van der Waals surface area (Å²) < 4.78 is 13.6. The van der Waals surface area contributed by atoms with Crippen molar-refractivity contribution >= 4 is 11.9 Å². The number of rotatable bonds is 9. The van der Waals surface area contributed by atoms with Crippen LogP contribution in [0.1, 0.15) is 45.6 Å². The van der Waals surface area contributed by atoms with E-state index in [2.05, 4.69) is 5.32 Å². The number of nitrogens with one attached hydrogen (secondary N) is 1. The van der Waals surface area contributed by atoms with Crippen molar-refractivity contribution in [3.05, 3.63) is 35.6 Å². The van der Waals surface area contributed by atoms with Crippen LogP contribution < -0.4 is 5.32 Å². The van der Waals surface area contributed by atoms with Crippen LogP contribution in [0, 0.1) is 17.2 Å². The van der Waals surface area contributed by atoms with Crippen LogP contribution in [0.2, 0.25) is 0 Å². The molecule has 1 atom stereocenters. The lowest BCUT2D eigenvalue weighted by Gasteiger charge is -2.27. The minimum absolute atomic E-state index is 0.123. The molecule has 0 fully saturated rings. The monoisotopic (exact) mass is 323 g/mol. The van der Waals surface area contributed by atoms with Crippen LogP contribution in [0.25, 0.3) is 0 Å². The Kier molecular flexibility index (Phi) is 7.20. The molecule has 0 saturated heterocycles. The van der Waals surface area contributed by atoms with E-state index >= 15 is 0 Å². The van der Waals surface area contributed by atoms with E-state index in [4.69, 9.17) is 0 Å². The van der Waals surface area contributed by atoms with Gasteiger partial charge >= 0.3 is 5.97 Å². The molecular formula is C18H26FNO3. The first-order chi connectivity index (χ1) is 10.9. The van der Waals surface area contributed by atoms with Crippen LogP contribution in [0.5, 0.6) is 0 Å². The first kappa shape index (κ1) is 19.1. The maximum Gasteiger partial charge on any atom is 0.311 e. The molecule has 0 aliphatic rings. The molecule has 1 aromatic carbocycles. The van der Waals surface area contributed by atoms with E-state index in [9.17, 15) is 19.1 Å². The summed E-state index contributed by atoms with van der Waals surface area (Å²) in [5, 5.41) is 12.1. The highest BCUT2D eigenvalue weighted by Crippen LogP contribution is 2.26. The van der Waals surface area contributed by atoms with Crippen LogP contribution in [-0.4, -0.2) is 23.5 Å². The third kappa shape index (κ3) is 5.05. The number of halogens is 1. The lowest BCUT2D eigenvalue weighted by atomic mass is 9.82. The Bertz CT molecular complexity index is 541. The molecule has 0 spiro atoms. The predicted octanol–water partition coefficient (Wildman–Crippen LogP) is 3.40. The van der Waals surface area contributed by atoms with E-state index in [0.717, 1.165) is 0 Å². The van der Waals surface area contributed by atoms with Crippen molar-refractivity contribution in [2.24, 2.45) is 11.3 Å². The molecule has 23 heavy (non-hydrogen) atoms. The molecule has 0 radical (unpaired) electrons. The Morgan fingerprint density at radius 3 is 2.39 bits per heavy atom.